The summed E-state index contributed by atoms with van der Waals surface area (Å²) in [6, 6.07) is 13.3. The zero-order chi connectivity index (χ0) is 24.4. The van der Waals surface area contributed by atoms with Gasteiger partial charge in [-0.2, -0.15) is 0 Å². The van der Waals surface area contributed by atoms with E-state index < -0.39 is 17.8 Å². The van der Waals surface area contributed by atoms with Gasteiger partial charge in [0.1, 0.15) is 11.7 Å². The molecule has 2 aromatic rings. The molecule has 0 fully saturated rings. The molecule has 1 unspecified atom stereocenters. The zero-order valence-corrected chi connectivity index (χ0v) is 20.1. The van der Waals surface area contributed by atoms with Crippen molar-refractivity contribution in [2.24, 2.45) is 10.9 Å². The summed E-state index contributed by atoms with van der Waals surface area (Å²) in [6.45, 7) is 1.81. The van der Waals surface area contributed by atoms with Crippen LogP contribution in [0.4, 0.5) is 0 Å². The van der Waals surface area contributed by atoms with Gasteiger partial charge in [0.25, 0.3) is 0 Å². The number of carbonyl (C=O) groups excluding carboxylic acids is 2. The fraction of sp³-hybridized carbons (Fsp3) is 0.370. The van der Waals surface area contributed by atoms with E-state index in [1.165, 1.54) is 7.11 Å². The number of rotatable bonds is 6. The first kappa shape index (κ1) is 23.5. The molecule has 0 amide bonds. The zero-order valence-electron chi connectivity index (χ0n) is 20.1. The van der Waals surface area contributed by atoms with E-state index in [0.717, 1.165) is 11.3 Å². The molecule has 0 radical (unpaired) electrons. The summed E-state index contributed by atoms with van der Waals surface area (Å²) < 4.78 is 21.6. The van der Waals surface area contributed by atoms with Gasteiger partial charge in [-0.15, -0.1) is 0 Å². The summed E-state index contributed by atoms with van der Waals surface area (Å²) in [6.07, 6.45) is 0.928. The summed E-state index contributed by atoms with van der Waals surface area (Å²) in [5.41, 5.74) is 3.64. The Labute approximate surface area is 199 Å². The molecule has 1 aliphatic carbocycles. The molecule has 4 rings (SSSR count). The van der Waals surface area contributed by atoms with Crippen LogP contribution in [0.5, 0.6) is 17.2 Å². The van der Waals surface area contributed by atoms with Gasteiger partial charge < -0.3 is 18.9 Å². The van der Waals surface area contributed by atoms with E-state index in [1.54, 1.807) is 27.4 Å². The van der Waals surface area contributed by atoms with Crippen molar-refractivity contribution in [1.82, 2.24) is 0 Å². The lowest BCUT2D eigenvalue weighted by Crippen LogP contribution is -2.38. The molecule has 2 aliphatic rings. The molecule has 1 aliphatic heterocycles. The molecular weight excluding hydrogens is 434 g/mol. The van der Waals surface area contributed by atoms with Crippen LogP contribution in [0.25, 0.3) is 0 Å². The van der Waals surface area contributed by atoms with Crippen LogP contribution < -0.4 is 14.2 Å². The normalized spacial score (nSPS) is 22.0. The standard InChI is InChI=1S/C27H29NO6/c1-15-23(27(30)34-5)24(19-7-6-8-22(32-3)26(19)33-4)25-20(28-15)13-17(14-21(25)29)16-9-11-18(31-2)12-10-16/h6-12,17,23-24H,13-14H2,1-5H3/t17-,23?,24-/m1/s1. The van der Waals surface area contributed by atoms with Crippen molar-refractivity contribution in [2.45, 2.75) is 31.6 Å². The van der Waals surface area contributed by atoms with Crippen molar-refractivity contribution in [3.8, 4) is 17.2 Å². The van der Waals surface area contributed by atoms with Crippen LogP contribution in [0.3, 0.4) is 0 Å². The highest BCUT2D eigenvalue weighted by atomic mass is 16.5. The molecule has 0 aromatic heterocycles. The van der Waals surface area contributed by atoms with Crippen LogP contribution in [-0.4, -0.2) is 45.9 Å². The number of hydrogen-bond acceptors (Lipinski definition) is 7. The fourth-order valence-electron chi connectivity index (χ4n) is 5.10. The van der Waals surface area contributed by atoms with E-state index in [9.17, 15) is 9.59 Å². The summed E-state index contributed by atoms with van der Waals surface area (Å²) in [4.78, 5) is 31.3. The number of benzene rings is 2. The summed E-state index contributed by atoms with van der Waals surface area (Å²) >= 11 is 0. The second-order valence-corrected chi connectivity index (χ2v) is 8.48. The average Bonchev–Trinajstić information content (AvgIpc) is 2.86. The van der Waals surface area contributed by atoms with E-state index >= 15 is 0 Å². The molecule has 34 heavy (non-hydrogen) atoms. The molecule has 7 nitrogen and oxygen atoms in total. The third kappa shape index (κ3) is 4.06. The number of carbonyl (C=O) groups is 2. The molecule has 2 aromatic carbocycles. The predicted molar refractivity (Wildman–Crippen MR) is 128 cm³/mol. The molecule has 0 N–H and O–H groups in total. The average molecular weight is 464 g/mol. The van der Waals surface area contributed by atoms with Crippen molar-refractivity contribution < 1.29 is 28.5 Å². The van der Waals surface area contributed by atoms with E-state index in [0.29, 0.717) is 46.9 Å². The Morgan fingerprint density at radius 2 is 1.68 bits per heavy atom. The van der Waals surface area contributed by atoms with Gasteiger partial charge in [-0.3, -0.25) is 14.6 Å². The maximum atomic E-state index is 13.7. The first-order valence-corrected chi connectivity index (χ1v) is 11.2. The number of ether oxygens (including phenoxy) is 4. The minimum absolute atomic E-state index is 0.00348. The molecule has 0 saturated heterocycles. The van der Waals surface area contributed by atoms with Crippen molar-refractivity contribution in [3.63, 3.8) is 0 Å². The second kappa shape index (κ2) is 9.71. The Morgan fingerprint density at radius 1 is 0.941 bits per heavy atom. The van der Waals surface area contributed by atoms with Gasteiger partial charge >= 0.3 is 5.97 Å². The summed E-state index contributed by atoms with van der Waals surface area (Å²) in [5.74, 6) is 0.0240. The molecule has 0 saturated carbocycles. The molecule has 7 heteroatoms. The van der Waals surface area contributed by atoms with Gasteiger partial charge in [0.2, 0.25) is 0 Å². The molecule has 0 bridgehead atoms. The largest absolute Gasteiger partial charge is 0.497 e. The number of allylic oxidation sites excluding steroid dienone is 2. The SMILES string of the molecule is COC(=O)C1C(C)=NC2=C(C(=O)C[C@H](c3ccc(OC)cc3)C2)[C@@H]1c1cccc(OC)c1OC. The van der Waals surface area contributed by atoms with Crippen LogP contribution in [0.1, 0.15) is 42.7 Å². The number of ketones is 1. The minimum Gasteiger partial charge on any atom is -0.497 e. The third-order valence-electron chi connectivity index (χ3n) is 6.70. The first-order valence-electron chi connectivity index (χ1n) is 11.2. The van der Waals surface area contributed by atoms with Crippen LogP contribution in [-0.2, 0) is 14.3 Å². The minimum atomic E-state index is -0.730. The number of aliphatic imine (C=N–C) groups is 1. The maximum Gasteiger partial charge on any atom is 0.315 e. The second-order valence-electron chi connectivity index (χ2n) is 8.48. The third-order valence-corrected chi connectivity index (χ3v) is 6.70. The Morgan fingerprint density at radius 3 is 2.29 bits per heavy atom. The number of hydrogen-bond donors (Lipinski definition) is 0. The number of para-hydroxylation sites is 1. The van der Waals surface area contributed by atoms with Crippen molar-refractivity contribution in [2.75, 3.05) is 28.4 Å². The van der Waals surface area contributed by atoms with Crippen molar-refractivity contribution in [1.29, 1.82) is 0 Å². The number of methoxy groups -OCH3 is 4. The quantitative estimate of drug-likeness (QED) is 0.588. The van der Waals surface area contributed by atoms with Crippen LogP contribution in [0.2, 0.25) is 0 Å². The van der Waals surface area contributed by atoms with E-state index in [-0.39, 0.29) is 11.7 Å². The van der Waals surface area contributed by atoms with E-state index in [2.05, 4.69) is 0 Å². The molecular formula is C27H29NO6. The van der Waals surface area contributed by atoms with Gasteiger partial charge in [-0.05, 0) is 43.0 Å². The summed E-state index contributed by atoms with van der Waals surface area (Å²) in [7, 11) is 6.08. The van der Waals surface area contributed by atoms with Crippen molar-refractivity contribution >= 4 is 17.5 Å². The van der Waals surface area contributed by atoms with E-state index in [1.807, 2.05) is 43.3 Å². The van der Waals surface area contributed by atoms with Gasteiger partial charge in [0, 0.05) is 34.9 Å². The predicted octanol–water partition coefficient (Wildman–Crippen LogP) is 4.46. The lowest BCUT2D eigenvalue weighted by Gasteiger charge is -2.37. The van der Waals surface area contributed by atoms with Crippen LogP contribution in [0.15, 0.2) is 58.7 Å². The molecule has 178 valence electrons. The number of nitrogens with zero attached hydrogens (tertiary/aromatic N) is 1. The van der Waals surface area contributed by atoms with Crippen LogP contribution in [0, 0.1) is 5.92 Å². The molecule has 1 heterocycles. The Bertz CT molecular complexity index is 1160. The van der Waals surface area contributed by atoms with Gasteiger partial charge in [0.15, 0.2) is 17.3 Å². The highest BCUT2D eigenvalue weighted by Gasteiger charge is 2.45. The van der Waals surface area contributed by atoms with Gasteiger partial charge in [-0.1, -0.05) is 24.3 Å². The molecule has 0 spiro atoms. The Balaban J connectivity index is 1.84. The number of esters is 1. The fourth-order valence-corrected chi connectivity index (χ4v) is 5.10. The number of Topliss-reactive ketones (excluding diaryl/α,β-unsaturated/α-hetero) is 1. The lowest BCUT2D eigenvalue weighted by molar-refractivity contribution is -0.143. The topological polar surface area (TPSA) is 83.4 Å². The first-order chi connectivity index (χ1) is 16.4. The highest BCUT2D eigenvalue weighted by Crippen LogP contribution is 2.50. The maximum absolute atomic E-state index is 13.7. The van der Waals surface area contributed by atoms with Crippen molar-refractivity contribution in [3.05, 3.63) is 64.9 Å². The smallest absolute Gasteiger partial charge is 0.315 e. The Hall–Kier alpha value is -3.61. The summed E-state index contributed by atoms with van der Waals surface area (Å²) in [5, 5.41) is 0. The van der Waals surface area contributed by atoms with Crippen LogP contribution >= 0.6 is 0 Å². The van der Waals surface area contributed by atoms with E-state index in [4.69, 9.17) is 23.9 Å². The lowest BCUT2D eigenvalue weighted by atomic mass is 9.69. The van der Waals surface area contributed by atoms with Gasteiger partial charge in [0.05, 0.1) is 28.4 Å². The molecule has 3 atom stereocenters. The highest BCUT2D eigenvalue weighted by molar-refractivity contribution is 6.09. The monoisotopic (exact) mass is 463 g/mol. The van der Waals surface area contributed by atoms with Gasteiger partial charge in [-0.25, -0.2) is 0 Å². The Kier molecular flexibility index (Phi) is 6.72.